The minimum absolute atomic E-state index is 0.379. The number of hydrogen-bond acceptors (Lipinski definition) is 4. The minimum Gasteiger partial charge on any atom is -0.391 e. The van der Waals surface area contributed by atoms with E-state index in [4.69, 9.17) is 9.47 Å². The molecule has 0 bridgehead atoms. The maximum Gasteiger partial charge on any atom is 0.0774 e. The van der Waals surface area contributed by atoms with Gasteiger partial charge in [0.25, 0.3) is 0 Å². The van der Waals surface area contributed by atoms with Gasteiger partial charge in [-0.15, -0.1) is 0 Å². The van der Waals surface area contributed by atoms with Crippen molar-refractivity contribution >= 4 is 0 Å². The minimum atomic E-state index is -0.488. The molecule has 2 atom stereocenters. The van der Waals surface area contributed by atoms with Gasteiger partial charge < -0.3 is 19.7 Å². The Hall–Kier alpha value is -0.160. The maximum atomic E-state index is 10.1. The van der Waals surface area contributed by atoms with Crippen LogP contribution in [0.15, 0.2) is 0 Å². The summed E-state index contributed by atoms with van der Waals surface area (Å²) in [6.07, 6.45) is 32.4. The van der Waals surface area contributed by atoms with Gasteiger partial charge in [-0.25, -0.2) is 0 Å². The highest BCUT2D eigenvalue weighted by Crippen LogP contribution is 2.13. The van der Waals surface area contributed by atoms with Gasteiger partial charge in [-0.3, -0.25) is 0 Å². The fourth-order valence-corrected chi connectivity index (χ4v) is 5.08. The van der Waals surface area contributed by atoms with Gasteiger partial charge in [-0.1, -0.05) is 155 Å². The van der Waals surface area contributed by atoms with E-state index in [1.807, 2.05) is 0 Å². The standard InChI is InChI=1S/C34H70O4/c1-3-5-7-9-11-13-15-17-19-21-23-25-29-37-31-33(35)27-28-34(36)32-38-30-26-24-22-20-18-16-14-12-10-8-6-4-2/h33-36H,3-32H2,1-2H3. The van der Waals surface area contributed by atoms with E-state index in [1.54, 1.807) is 0 Å². The monoisotopic (exact) mass is 543 g/mol. The van der Waals surface area contributed by atoms with Crippen LogP contribution < -0.4 is 0 Å². The van der Waals surface area contributed by atoms with Crippen molar-refractivity contribution in [2.24, 2.45) is 0 Å². The van der Waals surface area contributed by atoms with E-state index in [0.717, 1.165) is 26.1 Å². The number of aliphatic hydroxyl groups is 2. The van der Waals surface area contributed by atoms with Gasteiger partial charge in [0, 0.05) is 13.2 Å². The van der Waals surface area contributed by atoms with Crippen LogP contribution in [0.5, 0.6) is 0 Å². The second-order valence-electron chi connectivity index (χ2n) is 11.8. The van der Waals surface area contributed by atoms with E-state index in [2.05, 4.69) is 13.8 Å². The van der Waals surface area contributed by atoms with Crippen LogP contribution in [0.3, 0.4) is 0 Å². The lowest BCUT2D eigenvalue weighted by atomic mass is 10.1. The second-order valence-corrected chi connectivity index (χ2v) is 11.8. The first-order chi connectivity index (χ1) is 18.7. The topological polar surface area (TPSA) is 58.9 Å². The van der Waals surface area contributed by atoms with E-state index < -0.39 is 12.2 Å². The van der Waals surface area contributed by atoms with Crippen LogP contribution in [0.4, 0.5) is 0 Å². The Kier molecular flexibility index (Phi) is 32.9. The molecule has 0 radical (unpaired) electrons. The van der Waals surface area contributed by atoms with Crippen molar-refractivity contribution in [2.45, 2.75) is 193 Å². The van der Waals surface area contributed by atoms with Crippen LogP contribution in [-0.2, 0) is 9.47 Å². The smallest absolute Gasteiger partial charge is 0.0774 e. The SMILES string of the molecule is CCCCCCCCCCCCCCOCC(O)CCC(O)COCCCCCCCCCCCCCC. The number of hydrogen-bond donors (Lipinski definition) is 2. The molecule has 230 valence electrons. The van der Waals surface area contributed by atoms with Gasteiger partial charge in [-0.2, -0.15) is 0 Å². The molecule has 0 aromatic rings. The summed E-state index contributed by atoms with van der Waals surface area (Å²) in [7, 11) is 0. The first-order valence-corrected chi connectivity index (χ1v) is 17.2. The predicted octanol–water partition coefficient (Wildman–Crippen LogP) is 9.92. The molecule has 0 saturated heterocycles. The average Bonchev–Trinajstić information content (AvgIpc) is 2.92. The molecule has 0 rings (SSSR count). The highest BCUT2D eigenvalue weighted by Gasteiger charge is 2.10. The maximum absolute atomic E-state index is 10.1. The molecule has 0 saturated carbocycles. The van der Waals surface area contributed by atoms with Crippen molar-refractivity contribution in [3.8, 4) is 0 Å². The van der Waals surface area contributed by atoms with Gasteiger partial charge in [0.2, 0.25) is 0 Å². The fraction of sp³-hybridized carbons (Fsp3) is 1.00. The van der Waals surface area contributed by atoms with Crippen LogP contribution in [0, 0.1) is 0 Å². The molecule has 0 aliphatic heterocycles. The summed E-state index contributed by atoms with van der Waals surface area (Å²) in [4.78, 5) is 0. The molecular weight excluding hydrogens is 472 g/mol. The zero-order chi connectivity index (χ0) is 27.8. The fourth-order valence-electron chi connectivity index (χ4n) is 5.08. The van der Waals surface area contributed by atoms with Crippen molar-refractivity contribution < 1.29 is 19.7 Å². The summed E-state index contributed by atoms with van der Waals surface area (Å²) in [5.41, 5.74) is 0. The summed E-state index contributed by atoms with van der Waals surface area (Å²) < 4.78 is 11.3. The molecule has 0 amide bonds. The van der Waals surface area contributed by atoms with E-state index in [9.17, 15) is 10.2 Å². The molecule has 0 fully saturated rings. The van der Waals surface area contributed by atoms with Crippen LogP contribution in [0.1, 0.15) is 181 Å². The third-order valence-corrected chi connectivity index (χ3v) is 7.74. The molecular formula is C34H70O4. The van der Waals surface area contributed by atoms with E-state index >= 15 is 0 Å². The normalized spacial score (nSPS) is 13.3. The van der Waals surface area contributed by atoms with Gasteiger partial charge >= 0.3 is 0 Å². The van der Waals surface area contributed by atoms with Crippen molar-refractivity contribution in [2.75, 3.05) is 26.4 Å². The molecule has 38 heavy (non-hydrogen) atoms. The number of unbranched alkanes of at least 4 members (excludes halogenated alkanes) is 22. The highest BCUT2D eigenvalue weighted by molar-refractivity contribution is 4.61. The summed E-state index contributed by atoms with van der Waals surface area (Å²) in [6.45, 7) is 6.78. The molecule has 0 aromatic carbocycles. The van der Waals surface area contributed by atoms with Gasteiger partial charge in [0.05, 0.1) is 25.4 Å². The largest absolute Gasteiger partial charge is 0.391 e. The zero-order valence-corrected chi connectivity index (χ0v) is 26.1. The lowest BCUT2D eigenvalue weighted by Crippen LogP contribution is -2.21. The Balaban J connectivity index is 3.26. The van der Waals surface area contributed by atoms with Crippen LogP contribution in [0.25, 0.3) is 0 Å². The van der Waals surface area contributed by atoms with Gasteiger partial charge in [-0.05, 0) is 25.7 Å². The second kappa shape index (κ2) is 33.0. The van der Waals surface area contributed by atoms with Crippen molar-refractivity contribution in [3.63, 3.8) is 0 Å². The van der Waals surface area contributed by atoms with Crippen molar-refractivity contribution in [1.82, 2.24) is 0 Å². The van der Waals surface area contributed by atoms with Crippen molar-refractivity contribution in [3.05, 3.63) is 0 Å². The lowest BCUT2D eigenvalue weighted by Gasteiger charge is -2.15. The Morgan fingerprint density at radius 2 is 0.605 bits per heavy atom. The molecule has 4 heteroatoms. The first kappa shape index (κ1) is 37.8. The van der Waals surface area contributed by atoms with Crippen LogP contribution in [-0.4, -0.2) is 48.8 Å². The van der Waals surface area contributed by atoms with Gasteiger partial charge in [0.15, 0.2) is 0 Å². The number of ether oxygens (including phenoxy) is 2. The quantitative estimate of drug-likeness (QED) is 0.0810. The Morgan fingerprint density at radius 1 is 0.368 bits per heavy atom. The molecule has 2 unspecified atom stereocenters. The predicted molar refractivity (Wildman–Crippen MR) is 165 cm³/mol. The molecule has 0 spiro atoms. The molecule has 4 nitrogen and oxygen atoms in total. The Labute approximate surface area is 239 Å². The third-order valence-electron chi connectivity index (χ3n) is 7.74. The molecule has 2 N–H and O–H groups in total. The Morgan fingerprint density at radius 3 is 0.868 bits per heavy atom. The summed E-state index contributed by atoms with van der Waals surface area (Å²) in [5, 5.41) is 20.2. The highest BCUT2D eigenvalue weighted by atomic mass is 16.5. The van der Waals surface area contributed by atoms with E-state index in [0.29, 0.717) is 26.1 Å². The number of rotatable bonds is 33. The van der Waals surface area contributed by atoms with E-state index in [1.165, 1.54) is 141 Å². The summed E-state index contributed by atoms with van der Waals surface area (Å²) in [5.74, 6) is 0. The zero-order valence-electron chi connectivity index (χ0n) is 26.1. The van der Waals surface area contributed by atoms with Crippen LogP contribution >= 0.6 is 0 Å². The first-order valence-electron chi connectivity index (χ1n) is 17.2. The third kappa shape index (κ3) is 32.1. The average molecular weight is 543 g/mol. The summed E-state index contributed by atoms with van der Waals surface area (Å²) in [6, 6.07) is 0. The summed E-state index contributed by atoms with van der Waals surface area (Å²) >= 11 is 0. The van der Waals surface area contributed by atoms with Crippen LogP contribution in [0.2, 0.25) is 0 Å². The molecule has 0 aliphatic carbocycles. The van der Waals surface area contributed by atoms with Crippen molar-refractivity contribution in [1.29, 1.82) is 0 Å². The number of aliphatic hydroxyl groups excluding tert-OH is 2. The molecule has 0 aliphatic rings. The lowest BCUT2D eigenvalue weighted by molar-refractivity contribution is 0.00316. The molecule has 0 aromatic heterocycles. The molecule has 0 heterocycles. The van der Waals surface area contributed by atoms with E-state index in [-0.39, 0.29) is 0 Å². The van der Waals surface area contributed by atoms with Gasteiger partial charge in [0.1, 0.15) is 0 Å². The Bertz CT molecular complexity index is 379.